The molecule has 0 unspecified atom stereocenters. The van der Waals surface area contributed by atoms with E-state index in [0.717, 1.165) is 24.3 Å². The first-order valence-corrected chi connectivity index (χ1v) is 7.68. The summed E-state index contributed by atoms with van der Waals surface area (Å²) in [6, 6.07) is 2.42. The van der Waals surface area contributed by atoms with Crippen LogP contribution < -0.4 is 4.74 Å². The average Bonchev–Trinajstić information content (AvgIpc) is 2.89. The second-order valence-corrected chi connectivity index (χ2v) is 5.59. The first-order chi connectivity index (χ1) is 10.2. The third kappa shape index (κ3) is 4.97. The lowest BCUT2D eigenvalue weighted by atomic mass is 10.2. The Labute approximate surface area is 126 Å². The van der Waals surface area contributed by atoms with E-state index in [-0.39, 0.29) is 5.78 Å². The lowest BCUT2D eigenvalue weighted by Crippen LogP contribution is -2.30. The minimum absolute atomic E-state index is 0.149. The van der Waals surface area contributed by atoms with Crippen molar-refractivity contribution < 1.29 is 9.53 Å². The molecule has 0 N–H and O–H groups in total. The third-order valence-corrected chi connectivity index (χ3v) is 3.81. The Morgan fingerprint density at radius 3 is 3.10 bits per heavy atom. The largest absolute Gasteiger partial charge is 0.490 e. The van der Waals surface area contributed by atoms with Crippen molar-refractivity contribution in [2.45, 2.75) is 38.6 Å². The van der Waals surface area contributed by atoms with Crippen molar-refractivity contribution in [2.24, 2.45) is 0 Å². The molecule has 1 saturated heterocycles. The highest BCUT2D eigenvalue weighted by Crippen LogP contribution is 2.18. The van der Waals surface area contributed by atoms with Gasteiger partial charge in [-0.15, -0.1) is 0 Å². The van der Waals surface area contributed by atoms with E-state index in [1.165, 1.54) is 12.8 Å². The summed E-state index contributed by atoms with van der Waals surface area (Å²) in [4.78, 5) is 18.0. The molecular formula is C17H24N2O2. The monoisotopic (exact) mass is 288 g/mol. The van der Waals surface area contributed by atoms with E-state index in [9.17, 15) is 4.79 Å². The fourth-order valence-electron chi connectivity index (χ4n) is 2.51. The molecule has 114 valence electrons. The van der Waals surface area contributed by atoms with Gasteiger partial charge in [0.25, 0.3) is 0 Å². The van der Waals surface area contributed by atoms with Gasteiger partial charge in [-0.2, -0.15) is 0 Å². The van der Waals surface area contributed by atoms with Gasteiger partial charge in [0, 0.05) is 18.7 Å². The van der Waals surface area contributed by atoms with Crippen molar-refractivity contribution in [3.8, 4) is 5.75 Å². The Morgan fingerprint density at radius 2 is 2.38 bits per heavy atom. The molecule has 4 nitrogen and oxygen atoms in total. The van der Waals surface area contributed by atoms with Gasteiger partial charge >= 0.3 is 0 Å². The predicted octanol–water partition coefficient (Wildman–Crippen LogP) is 2.94. The topological polar surface area (TPSA) is 42.4 Å². The van der Waals surface area contributed by atoms with Gasteiger partial charge in [0.2, 0.25) is 0 Å². The van der Waals surface area contributed by atoms with E-state index in [0.29, 0.717) is 19.1 Å². The van der Waals surface area contributed by atoms with E-state index in [1.54, 1.807) is 24.5 Å². The number of ketones is 1. The molecule has 0 saturated carbocycles. The van der Waals surface area contributed by atoms with Crippen molar-refractivity contribution in [2.75, 3.05) is 20.2 Å². The lowest BCUT2D eigenvalue weighted by molar-refractivity contribution is -0.114. The molecule has 2 heterocycles. The smallest absolute Gasteiger partial charge is 0.155 e. The van der Waals surface area contributed by atoms with Gasteiger partial charge < -0.3 is 9.64 Å². The number of likely N-dealkylation sites (N-methyl/N-ethyl adjacent to an activating group) is 1. The second kappa shape index (κ2) is 7.93. The summed E-state index contributed by atoms with van der Waals surface area (Å²) in [7, 11) is 2.14. The number of ether oxygens (including phenoxy) is 1. The molecule has 0 aliphatic carbocycles. The first-order valence-electron chi connectivity index (χ1n) is 7.68. The van der Waals surface area contributed by atoms with E-state index in [4.69, 9.17) is 4.74 Å². The molecule has 0 aromatic carbocycles. The van der Waals surface area contributed by atoms with Gasteiger partial charge in [0.1, 0.15) is 12.4 Å². The van der Waals surface area contributed by atoms with Gasteiger partial charge in [-0.1, -0.05) is 6.92 Å². The van der Waals surface area contributed by atoms with Crippen molar-refractivity contribution in [3.63, 3.8) is 0 Å². The summed E-state index contributed by atoms with van der Waals surface area (Å²) >= 11 is 0. The Kier molecular flexibility index (Phi) is 5.93. The highest BCUT2D eigenvalue weighted by atomic mass is 16.5. The molecule has 0 radical (unpaired) electrons. The third-order valence-electron chi connectivity index (χ3n) is 3.81. The number of hydrogen-bond donors (Lipinski definition) is 0. The normalized spacial score (nSPS) is 19.2. The summed E-state index contributed by atoms with van der Waals surface area (Å²) in [6.45, 7) is 3.84. The molecule has 1 aromatic rings. The maximum Gasteiger partial charge on any atom is 0.155 e. The fourth-order valence-corrected chi connectivity index (χ4v) is 2.51. The molecule has 1 aliphatic heterocycles. The molecule has 0 amide bonds. The van der Waals surface area contributed by atoms with Crippen molar-refractivity contribution in [3.05, 3.63) is 30.1 Å². The van der Waals surface area contributed by atoms with Crippen LogP contribution in [0.3, 0.4) is 0 Å². The molecular weight excluding hydrogens is 264 g/mol. The van der Waals surface area contributed by atoms with Crippen molar-refractivity contribution >= 4 is 11.9 Å². The Balaban J connectivity index is 1.89. The highest BCUT2D eigenvalue weighted by Gasteiger charge is 2.21. The number of hydrogen-bond acceptors (Lipinski definition) is 4. The number of rotatable bonds is 7. The van der Waals surface area contributed by atoms with Gasteiger partial charge in [0.15, 0.2) is 5.78 Å². The van der Waals surface area contributed by atoms with Gasteiger partial charge in [-0.05, 0) is 56.6 Å². The molecule has 0 spiro atoms. The summed E-state index contributed by atoms with van der Waals surface area (Å²) in [5.41, 5.74) is 0.900. The maximum absolute atomic E-state index is 11.5. The molecule has 1 aromatic heterocycles. The Morgan fingerprint density at radius 1 is 1.52 bits per heavy atom. The zero-order chi connectivity index (χ0) is 15.1. The number of allylic oxidation sites excluding steroid dienone is 1. The van der Waals surface area contributed by atoms with Gasteiger partial charge in [-0.25, -0.2) is 0 Å². The van der Waals surface area contributed by atoms with Crippen molar-refractivity contribution in [1.82, 2.24) is 9.88 Å². The number of carbonyl (C=O) groups excluding carboxylic acids is 1. The van der Waals surface area contributed by atoms with Gasteiger partial charge in [0.05, 0.1) is 6.20 Å². The number of carbonyl (C=O) groups is 1. The van der Waals surface area contributed by atoms with Crippen LogP contribution in [0.25, 0.3) is 6.08 Å². The molecule has 0 bridgehead atoms. The Bertz CT molecular complexity index is 499. The van der Waals surface area contributed by atoms with Crippen LogP contribution >= 0.6 is 0 Å². The van der Waals surface area contributed by atoms with E-state index < -0.39 is 0 Å². The van der Waals surface area contributed by atoms with E-state index >= 15 is 0 Å². The van der Waals surface area contributed by atoms with Crippen LogP contribution in [0, 0.1) is 0 Å². The lowest BCUT2D eigenvalue weighted by Gasteiger charge is -2.19. The summed E-state index contributed by atoms with van der Waals surface area (Å²) < 4.78 is 5.83. The van der Waals surface area contributed by atoms with Crippen LogP contribution in [0.1, 0.15) is 38.2 Å². The van der Waals surface area contributed by atoms with E-state index in [1.807, 2.05) is 13.0 Å². The SMILES string of the molecule is CCCC(=O)/C=C/c1cncc(OC[C@@H]2CCCN2C)c1. The highest BCUT2D eigenvalue weighted by molar-refractivity contribution is 5.93. The molecule has 21 heavy (non-hydrogen) atoms. The number of likely N-dealkylation sites (tertiary alicyclic amines) is 1. The second-order valence-electron chi connectivity index (χ2n) is 5.59. The standard InChI is InChI=1S/C17H24N2O2/c1-3-5-16(20)8-7-14-10-17(12-18-11-14)21-13-15-6-4-9-19(15)2/h7-8,10-12,15H,3-6,9,13H2,1-2H3/b8-7+/t15-/m0/s1. The van der Waals surface area contributed by atoms with Crippen molar-refractivity contribution in [1.29, 1.82) is 0 Å². The number of nitrogens with zero attached hydrogens (tertiary/aromatic N) is 2. The zero-order valence-corrected chi connectivity index (χ0v) is 12.9. The van der Waals surface area contributed by atoms with Crippen LogP contribution in [-0.4, -0.2) is 41.9 Å². The fraction of sp³-hybridized carbons (Fsp3) is 0.529. The van der Waals surface area contributed by atoms with Gasteiger partial charge in [-0.3, -0.25) is 9.78 Å². The zero-order valence-electron chi connectivity index (χ0n) is 12.9. The molecule has 1 fully saturated rings. The molecule has 4 heteroatoms. The van der Waals surface area contributed by atoms with Crippen LogP contribution in [0.2, 0.25) is 0 Å². The minimum Gasteiger partial charge on any atom is -0.490 e. The summed E-state index contributed by atoms with van der Waals surface area (Å²) in [5.74, 6) is 0.914. The number of aromatic nitrogens is 1. The summed E-state index contributed by atoms with van der Waals surface area (Å²) in [5, 5.41) is 0. The van der Waals surface area contributed by atoms with Crippen LogP contribution in [0.4, 0.5) is 0 Å². The van der Waals surface area contributed by atoms with Crippen LogP contribution in [0.15, 0.2) is 24.5 Å². The van der Waals surface area contributed by atoms with E-state index in [2.05, 4.69) is 16.9 Å². The predicted molar refractivity (Wildman–Crippen MR) is 84.3 cm³/mol. The minimum atomic E-state index is 0.149. The van der Waals surface area contributed by atoms with Crippen LogP contribution in [0.5, 0.6) is 5.75 Å². The summed E-state index contributed by atoms with van der Waals surface area (Å²) in [6.07, 6.45) is 10.8. The quantitative estimate of drug-likeness (QED) is 0.723. The molecule has 2 rings (SSSR count). The average molecular weight is 288 g/mol. The Hall–Kier alpha value is -1.68. The van der Waals surface area contributed by atoms with Crippen LogP contribution in [-0.2, 0) is 4.79 Å². The molecule has 1 aliphatic rings. The maximum atomic E-state index is 11.5. The molecule has 1 atom stereocenters. The first kappa shape index (κ1) is 15.7. The number of pyridine rings is 1.